The molecule has 0 amide bonds. The Hall–Kier alpha value is -1.76. The van der Waals surface area contributed by atoms with Crippen LogP contribution in [0.5, 0.6) is 5.75 Å². The van der Waals surface area contributed by atoms with Crippen molar-refractivity contribution >= 4 is 21.7 Å². The number of benzene rings is 1. The summed E-state index contributed by atoms with van der Waals surface area (Å²) >= 11 is 0. The van der Waals surface area contributed by atoms with Gasteiger partial charge in [0.2, 0.25) is 10.0 Å². The molecule has 1 heterocycles. The van der Waals surface area contributed by atoms with Gasteiger partial charge < -0.3 is 9.84 Å². The van der Waals surface area contributed by atoms with Gasteiger partial charge in [0, 0.05) is 13.0 Å². The second-order valence-electron chi connectivity index (χ2n) is 4.20. The molecular formula is C12H15NO5S. The minimum atomic E-state index is -3.64. The lowest BCUT2D eigenvalue weighted by atomic mass is 10.3. The highest BCUT2D eigenvalue weighted by Gasteiger charge is 2.27. The van der Waals surface area contributed by atoms with Gasteiger partial charge in [-0.15, -0.1) is 0 Å². The van der Waals surface area contributed by atoms with Crippen molar-refractivity contribution in [3.8, 4) is 5.75 Å². The summed E-state index contributed by atoms with van der Waals surface area (Å²) < 4.78 is 31.2. The summed E-state index contributed by atoms with van der Waals surface area (Å²) in [6.07, 6.45) is 0.169. The number of ether oxygens (including phenoxy) is 1. The molecule has 0 aromatic heterocycles. The second kappa shape index (κ2) is 5.48. The zero-order valence-corrected chi connectivity index (χ0v) is 11.1. The number of rotatable bonds is 4. The Morgan fingerprint density at radius 1 is 1.37 bits per heavy atom. The first kappa shape index (κ1) is 13.7. The van der Waals surface area contributed by atoms with E-state index in [1.807, 2.05) is 0 Å². The Morgan fingerprint density at radius 3 is 2.84 bits per heavy atom. The third kappa shape index (κ3) is 3.17. The van der Waals surface area contributed by atoms with Crippen LogP contribution < -0.4 is 9.04 Å². The molecule has 19 heavy (non-hydrogen) atoms. The number of nitrogens with zero attached hydrogens (tertiary/aromatic N) is 1. The molecule has 0 saturated heterocycles. The average molecular weight is 285 g/mol. The molecule has 1 N–H and O–H groups in total. The maximum absolute atomic E-state index is 12.2. The molecule has 0 saturated carbocycles. The predicted molar refractivity (Wildman–Crippen MR) is 69.9 cm³/mol. The van der Waals surface area contributed by atoms with Gasteiger partial charge in [0.1, 0.15) is 5.75 Å². The third-order valence-electron chi connectivity index (χ3n) is 2.81. The molecule has 1 aliphatic heterocycles. The lowest BCUT2D eigenvalue weighted by Crippen LogP contribution is -2.34. The van der Waals surface area contributed by atoms with Crippen LogP contribution in [0.3, 0.4) is 0 Å². The quantitative estimate of drug-likeness (QED) is 0.895. The van der Waals surface area contributed by atoms with Gasteiger partial charge in [-0.05, 0) is 12.1 Å². The first-order valence-electron chi connectivity index (χ1n) is 5.95. The van der Waals surface area contributed by atoms with E-state index < -0.39 is 28.2 Å². The van der Waals surface area contributed by atoms with Crippen molar-refractivity contribution in [3.05, 3.63) is 24.3 Å². The molecule has 0 aliphatic carbocycles. The number of carboxylic acid groups (broad SMARTS) is 1. The van der Waals surface area contributed by atoms with E-state index in [-0.39, 0.29) is 0 Å². The topological polar surface area (TPSA) is 83.9 Å². The monoisotopic (exact) mass is 285 g/mol. The van der Waals surface area contributed by atoms with E-state index in [9.17, 15) is 13.2 Å². The van der Waals surface area contributed by atoms with E-state index in [1.165, 1.54) is 4.31 Å². The van der Waals surface area contributed by atoms with E-state index >= 15 is 0 Å². The smallest absolute Gasteiger partial charge is 0.304 e. The summed E-state index contributed by atoms with van der Waals surface area (Å²) in [4.78, 5) is 10.5. The van der Waals surface area contributed by atoms with Gasteiger partial charge in [-0.25, -0.2) is 8.42 Å². The van der Waals surface area contributed by atoms with E-state index in [4.69, 9.17) is 9.84 Å². The molecule has 0 spiro atoms. The van der Waals surface area contributed by atoms with Gasteiger partial charge in [0.05, 0.1) is 24.5 Å². The number of carbonyl (C=O) groups is 1. The Kier molecular flexibility index (Phi) is 3.94. The van der Waals surface area contributed by atoms with Crippen LogP contribution in [0.25, 0.3) is 0 Å². The molecule has 104 valence electrons. The van der Waals surface area contributed by atoms with Gasteiger partial charge in [-0.1, -0.05) is 12.1 Å². The third-order valence-corrected chi connectivity index (χ3v) is 4.58. The minimum absolute atomic E-state index is 0.305. The number of aliphatic carboxylic acids is 1. The molecule has 0 radical (unpaired) electrons. The van der Waals surface area contributed by atoms with Gasteiger partial charge in [0.25, 0.3) is 0 Å². The number of fused-ring (bicyclic) bond motifs is 1. The largest absolute Gasteiger partial charge is 0.491 e. The SMILES string of the molecule is O=C(O)CCS(=O)(=O)N1CCCOc2ccccc21. The summed E-state index contributed by atoms with van der Waals surface area (Å²) in [5, 5.41) is 8.62. The highest BCUT2D eigenvalue weighted by molar-refractivity contribution is 7.92. The lowest BCUT2D eigenvalue weighted by molar-refractivity contribution is -0.136. The van der Waals surface area contributed by atoms with Crippen molar-refractivity contribution in [3.63, 3.8) is 0 Å². The van der Waals surface area contributed by atoms with Gasteiger partial charge >= 0.3 is 5.97 Å². The molecule has 0 fully saturated rings. The molecule has 1 aliphatic rings. The van der Waals surface area contributed by atoms with Crippen molar-refractivity contribution in [1.82, 2.24) is 0 Å². The number of para-hydroxylation sites is 2. The molecule has 0 bridgehead atoms. The summed E-state index contributed by atoms with van der Waals surface area (Å²) in [6, 6.07) is 6.87. The maximum Gasteiger partial charge on any atom is 0.304 e. The van der Waals surface area contributed by atoms with Crippen LogP contribution in [0.1, 0.15) is 12.8 Å². The van der Waals surface area contributed by atoms with E-state index in [0.717, 1.165) is 0 Å². The summed E-state index contributed by atoms with van der Waals surface area (Å²) in [7, 11) is -3.64. The standard InChI is InChI=1S/C12H15NO5S/c14-12(15)6-9-19(16,17)13-7-3-8-18-11-5-2-1-4-10(11)13/h1-2,4-5H,3,6-9H2,(H,14,15). The van der Waals surface area contributed by atoms with Crippen LogP contribution in [-0.2, 0) is 14.8 Å². The van der Waals surface area contributed by atoms with Gasteiger partial charge in [0.15, 0.2) is 0 Å². The highest BCUT2D eigenvalue weighted by atomic mass is 32.2. The highest BCUT2D eigenvalue weighted by Crippen LogP contribution is 2.32. The molecule has 0 atom stereocenters. The summed E-state index contributed by atoms with van der Waals surface area (Å²) in [5.41, 5.74) is 0.477. The van der Waals surface area contributed by atoms with Gasteiger partial charge in [-0.3, -0.25) is 9.10 Å². The zero-order chi connectivity index (χ0) is 13.9. The van der Waals surface area contributed by atoms with Crippen molar-refractivity contribution in [1.29, 1.82) is 0 Å². The van der Waals surface area contributed by atoms with Crippen LogP contribution in [0.15, 0.2) is 24.3 Å². The molecular weight excluding hydrogens is 270 g/mol. The first-order valence-corrected chi connectivity index (χ1v) is 7.56. The zero-order valence-electron chi connectivity index (χ0n) is 10.3. The average Bonchev–Trinajstić information content (AvgIpc) is 2.59. The van der Waals surface area contributed by atoms with Crippen LogP contribution in [-0.4, -0.2) is 38.4 Å². The van der Waals surface area contributed by atoms with E-state index in [0.29, 0.717) is 31.0 Å². The van der Waals surface area contributed by atoms with E-state index in [2.05, 4.69) is 0 Å². The Labute approximate surface area is 111 Å². The molecule has 2 rings (SSSR count). The molecule has 0 unspecified atom stereocenters. The number of carboxylic acids is 1. The molecule has 7 heteroatoms. The Balaban J connectivity index is 2.31. The van der Waals surface area contributed by atoms with Crippen LogP contribution in [0.2, 0.25) is 0 Å². The minimum Gasteiger partial charge on any atom is -0.491 e. The normalized spacial score (nSPS) is 15.3. The fourth-order valence-electron chi connectivity index (χ4n) is 1.91. The van der Waals surface area contributed by atoms with Crippen molar-refractivity contribution in [2.45, 2.75) is 12.8 Å². The molecule has 1 aromatic carbocycles. The van der Waals surface area contributed by atoms with E-state index in [1.54, 1.807) is 24.3 Å². The first-order chi connectivity index (χ1) is 9.00. The summed E-state index contributed by atoms with van der Waals surface area (Å²) in [5.74, 6) is -1.02. The fraction of sp³-hybridized carbons (Fsp3) is 0.417. The number of hydrogen-bond donors (Lipinski definition) is 1. The van der Waals surface area contributed by atoms with Crippen LogP contribution >= 0.6 is 0 Å². The van der Waals surface area contributed by atoms with Crippen molar-refractivity contribution in [2.75, 3.05) is 23.2 Å². The Bertz CT molecular complexity index is 569. The van der Waals surface area contributed by atoms with Crippen molar-refractivity contribution in [2.24, 2.45) is 0 Å². The summed E-state index contributed by atoms with van der Waals surface area (Å²) in [6.45, 7) is 0.751. The second-order valence-corrected chi connectivity index (χ2v) is 6.21. The Morgan fingerprint density at radius 2 is 2.11 bits per heavy atom. The number of sulfonamides is 1. The lowest BCUT2D eigenvalue weighted by Gasteiger charge is -2.22. The van der Waals surface area contributed by atoms with Gasteiger partial charge in [-0.2, -0.15) is 0 Å². The number of hydrogen-bond acceptors (Lipinski definition) is 4. The maximum atomic E-state index is 12.2. The molecule has 6 nitrogen and oxygen atoms in total. The van der Waals surface area contributed by atoms with Crippen molar-refractivity contribution < 1.29 is 23.1 Å². The predicted octanol–water partition coefficient (Wildman–Crippen LogP) is 1.08. The molecule has 1 aromatic rings. The van der Waals surface area contributed by atoms with Crippen LogP contribution in [0.4, 0.5) is 5.69 Å². The van der Waals surface area contributed by atoms with Crippen LogP contribution in [0, 0.1) is 0 Å². The number of anilines is 1. The fourth-order valence-corrected chi connectivity index (χ4v) is 3.42.